The number of carbonyl (C=O) groups excluding carboxylic acids is 1. The molecule has 6 heteroatoms. The lowest BCUT2D eigenvalue weighted by atomic mass is 10.2. The van der Waals surface area contributed by atoms with Crippen molar-refractivity contribution in [3.05, 3.63) is 47.8 Å². The second-order valence-electron chi connectivity index (χ2n) is 5.03. The fraction of sp³-hybridized carbons (Fsp3) is 0.333. The van der Waals surface area contributed by atoms with E-state index in [0.717, 1.165) is 17.7 Å². The minimum Gasteiger partial charge on any atom is -0.352 e. The molecule has 1 aromatic carbocycles. The van der Waals surface area contributed by atoms with Gasteiger partial charge in [0.2, 0.25) is 0 Å². The van der Waals surface area contributed by atoms with Gasteiger partial charge in [-0.25, -0.2) is 4.68 Å². The average molecular weight is 309 g/mol. The molecule has 0 fully saturated rings. The predicted molar refractivity (Wildman–Crippen MR) is 86.1 cm³/mol. The lowest BCUT2D eigenvalue weighted by molar-refractivity contribution is 0.0953. The maximum atomic E-state index is 11.9. The van der Waals surface area contributed by atoms with E-state index in [1.54, 1.807) is 23.0 Å². The van der Waals surface area contributed by atoms with Crippen molar-refractivity contribution >= 4 is 18.3 Å². The smallest absolute Gasteiger partial charge is 0.251 e. The summed E-state index contributed by atoms with van der Waals surface area (Å²) in [5, 5.41) is 7.08. The van der Waals surface area contributed by atoms with Gasteiger partial charge in [0.05, 0.1) is 11.9 Å². The summed E-state index contributed by atoms with van der Waals surface area (Å²) in [5.41, 5.74) is 8.32. The number of hydrogen-bond donors (Lipinski definition) is 2. The highest BCUT2D eigenvalue weighted by atomic mass is 35.5. The summed E-state index contributed by atoms with van der Waals surface area (Å²) in [6, 6.07) is 7.46. The van der Waals surface area contributed by atoms with Gasteiger partial charge < -0.3 is 11.1 Å². The van der Waals surface area contributed by atoms with Gasteiger partial charge in [0.15, 0.2) is 0 Å². The number of halogens is 1. The molecule has 2 aromatic rings. The molecule has 3 N–H and O–H groups in total. The monoisotopic (exact) mass is 308 g/mol. The lowest BCUT2D eigenvalue weighted by Crippen LogP contribution is -2.28. The van der Waals surface area contributed by atoms with Crippen LogP contribution in [0.2, 0.25) is 0 Å². The van der Waals surface area contributed by atoms with Crippen molar-refractivity contribution < 1.29 is 4.79 Å². The largest absolute Gasteiger partial charge is 0.352 e. The van der Waals surface area contributed by atoms with Crippen LogP contribution in [0.15, 0.2) is 36.7 Å². The molecule has 2 rings (SSSR count). The van der Waals surface area contributed by atoms with E-state index in [0.29, 0.717) is 12.1 Å². The Morgan fingerprint density at radius 2 is 2.05 bits per heavy atom. The van der Waals surface area contributed by atoms with Crippen molar-refractivity contribution in [3.63, 3.8) is 0 Å². The van der Waals surface area contributed by atoms with Gasteiger partial charge in [0, 0.05) is 24.3 Å². The zero-order chi connectivity index (χ0) is 14.5. The molecule has 1 amide bonds. The Kier molecular flexibility index (Phi) is 6.39. The summed E-state index contributed by atoms with van der Waals surface area (Å²) in [4.78, 5) is 11.9. The summed E-state index contributed by atoms with van der Waals surface area (Å²) in [6.45, 7) is 4.51. The van der Waals surface area contributed by atoms with Gasteiger partial charge in [-0.3, -0.25) is 4.79 Å². The Morgan fingerprint density at radius 1 is 1.38 bits per heavy atom. The lowest BCUT2D eigenvalue weighted by Gasteiger charge is -2.08. The van der Waals surface area contributed by atoms with Gasteiger partial charge in [-0.2, -0.15) is 5.10 Å². The molecule has 5 nitrogen and oxygen atoms in total. The van der Waals surface area contributed by atoms with E-state index in [9.17, 15) is 4.79 Å². The van der Waals surface area contributed by atoms with Gasteiger partial charge in [0.1, 0.15) is 0 Å². The van der Waals surface area contributed by atoms with E-state index in [2.05, 4.69) is 10.4 Å². The number of rotatable bonds is 5. The van der Waals surface area contributed by atoms with Crippen molar-refractivity contribution in [3.8, 4) is 5.69 Å². The molecular weight excluding hydrogens is 288 g/mol. The van der Waals surface area contributed by atoms with Gasteiger partial charge in [0.25, 0.3) is 5.91 Å². The molecule has 0 saturated heterocycles. The summed E-state index contributed by atoms with van der Waals surface area (Å²) in [5.74, 6) is -0.0751. The fourth-order valence-corrected chi connectivity index (χ4v) is 1.83. The third kappa shape index (κ3) is 4.88. The first-order valence-electron chi connectivity index (χ1n) is 6.72. The highest BCUT2D eigenvalue weighted by molar-refractivity contribution is 5.94. The molecule has 1 aromatic heterocycles. The highest BCUT2D eigenvalue weighted by Gasteiger charge is 2.06. The molecule has 0 radical (unpaired) electrons. The van der Waals surface area contributed by atoms with Gasteiger partial charge >= 0.3 is 0 Å². The Bertz CT molecular complexity index is 578. The van der Waals surface area contributed by atoms with E-state index < -0.39 is 0 Å². The van der Waals surface area contributed by atoms with E-state index >= 15 is 0 Å². The van der Waals surface area contributed by atoms with Crippen LogP contribution in [-0.4, -0.2) is 28.3 Å². The SMILES string of the molecule is Cc1cnn(-c2ccc(C(=O)NCCC(C)N)cc2)c1.Cl. The van der Waals surface area contributed by atoms with Crippen molar-refractivity contribution in [2.24, 2.45) is 5.73 Å². The van der Waals surface area contributed by atoms with Crippen molar-refractivity contribution in [1.82, 2.24) is 15.1 Å². The summed E-state index contributed by atoms with van der Waals surface area (Å²) in [6.07, 6.45) is 4.52. The molecule has 21 heavy (non-hydrogen) atoms. The third-order valence-electron chi connectivity index (χ3n) is 2.99. The van der Waals surface area contributed by atoms with E-state index in [-0.39, 0.29) is 24.4 Å². The highest BCUT2D eigenvalue weighted by Crippen LogP contribution is 2.10. The molecule has 0 aliphatic heterocycles. The molecule has 1 atom stereocenters. The fourth-order valence-electron chi connectivity index (χ4n) is 1.83. The van der Waals surface area contributed by atoms with Crippen LogP contribution in [0.1, 0.15) is 29.3 Å². The number of nitrogens with one attached hydrogen (secondary N) is 1. The minimum absolute atomic E-state index is 0. The van der Waals surface area contributed by atoms with E-state index in [1.807, 2.05) is 32.2 Å². The first kappa shape index (κ1) is 17.2. The molecule has 0 spiro atoms. The minimum atomic E-state index is -0.0751. The molecule has 0 aliphatic rings. The first-order valence-corrected chi connectivity index (χ1v) is 6.72. The molecular formula is C15H21ClN4O. The van der Waals surface area contributed by atoms with Crippen molar-refractivity contribution in [2.45, 2.75) is 26.3 Å². The van der Waals surface area contributed by atoms with E-state index in [1.165, 1.54) is 0 Å². The Labute approximate surface area is 130 Å². The quantitative estimate of drug-likeness (QED) is 0.888. The maximum absolute atomic E-state index is 11.9. The number of nitrogens with two attached hydrogens (primary N) is 1. The summed E-state index contributed by atoms with van der Waals surface area (Å²) >= 11 is 0. The van der Waals surface area contributed by atoms with Crippen LogP contribution < -0.4 is 11.1 Å². The van der Waals surface area contributed by atoms with Crippen LogP contribution in [-0.2, 0) is 0 Å². The van der Waals surface area contributed by atoms with Crippen LogP contribution in [0, 0.1) is 6.92 Å². The first-order chi connectivity index (χ1) is 9.56. The van der Waals surface area contributed by atoms with Gasteiger partial charge in [-0.1, -0.05) is 0 Å². The number of hydrogen-bond acceptors (Lipinski definition) is 3. The number of carbonyl (C=O) groups is 1. The van der Waals surface area contributed by atoms with Gasteiger partial charge in [-0.15, -0.1) is 12.4 Å². The number of amides is 1. The molecule has 0 saturated carbocycles. The molecule has 1 heterocycles. The van der Waals surface area contributed by atoms with Crippen LogP contribution in [0.5, 0.6) is 0 Å². The zero-order valence-corrected chi connectivity index (χ0v) is 13.1. The Hall–Kier alpha value is -1.85. The maximum Gasteiger partial charge on any atom is 0.251 e. The average Bonchev–Trinajstić information content (AvgIpc) is 2.85. The second-order valence-corrected chi connectivity index (χ2v) is 5.03. The Balaban J connectivity index is 0.00000220. The molecule has 0 bridgehead atoms. The Morgan fingerprint density at radius 3 is 2.57 bits per heavy atom. The van der Waals surface area contributed by atoms with Crippen molar-refractivity contribution in [1.29, 1.82) is 0 Å². The number of nitrogens with zero attached hydrogens (tertiary/aromatic N) is 2. The standard InChI is InChI=1S/C15H20N4O.ClH/c1-11-9-18-19(10-11)14-5-3-13(4-6-14)15(20)17-8-7-12(2)16;/h3-6,9-10,12H,7-8,16H2,1-2H3,(H,17,20);1H. The topological polar surface area (TPSA) is 72.9 Å². The molecule has 0 aliphatic carbocycles. The van der Waals surface area contributed by atoms with Crippen LogP contribution >= 0.6 is 12.4 Å². The number of aryl methyl sites for hydroxylation is 1. The van der Waals surface area contributed by atoms with Crippen LogP contribution in [0.4, 0.5) is 0 Å². The third-order valence-corrected chi connectivity index (χ3v) is 2.99. The summed E-state index contributed by atoms with van der Waals surface area (Å²) < 4.78 is 1.78. The van der Waals surface area contributed by atoms with Crippen molar-refractivity contribution in [2.75, 3.05) is 6.54 Å². The van der Waals surface area contributed by atoms with Crippen LogP contribution in [0.25, 0.3) is 5.69 Å². The molecule has 1 unspecified atom stereocenters. The van der Waals surface area contributed by atoms with Crippen LogP contribution in [0.3, 0.4) is 0 Å². The van der Waals surface area contributed by atoms with E-state index in [4.69, 9.17) is 5.73 Å². The predicted octanol–water partition coefficient (Wildman–Crippen LogP) is 2.07. The van der Waals surface area contributed by atoms with Gasteiger partial charge in [-0.05, 0) is 50.1 Å². The summed E-state index contributed by atoms with van der Waals surface area (Å²) in [7, 11) is 0. The second kappa shape index (κ2) is 7.81. The molecule has 114 valence electrons. The number of benzene rings is 1. The number of aromatic nitrogens is 2. The zero-order valence-electron chi connectivity index (χ0n) is 12.2. The normalized spacial score (nSPS) is 11.6.